The third-order valence-corrected chi connectivity index (χ3v) is 3.60. The molecule has 1 aliphatic carbocycles. The predicted molar refractivity (Wildman–Crippen MR) is 60.1 cm³/mol. The molecule has 1 heterocycles. The van der Waals surface area contributed by atoms with Crippen molar-refractivity contribution in [2.24, 2.45) is 0 Å². The first-order valence-corrected chi connectivity index (χ1v) is 6.71. The minimum atomic E-state index is 0.661. The Labute approximate surface area is 98.6 Å². The Bertz CT molecular complexity index is 295. The molecule has 2 rings (SSSR count). The number of rotatable bonds is 2. The van der Waals surface area contributed by atoms with Gasteiger partial charge in [-0.1, -0.05) is 0 Å². The van der Waals surface area contributed by atoms with E-state index in [4.69, 9.17) is 0 Å². The number of nitrogens with zero attached hydrogens (tertiary/aromatic N) is 1. The molecule has 0 bridgehead atoms. The zero-order valence-corrected chi connectivity index (χ0v) is 11.1. The van der Waals surface area contributed by atoms with Crippen LogP contribution in [0.1, 0.15) is 32.1 Å². The van der Waals surface area contributed by atoms with Gasteiger partial charge in [0.15, 0.2) is 0 Å². The molecule has 0 saturated heterocycles. The first-order valence-electron chi connectivity index (χ1n) is 5.29. The maximum absolute atomic E-state index is 4.34. The molecule has 1 aliphatic rings. The van der Waals surface area contributed by atoms with Gasteiger partial charge in [-0.15, -0.1) is 0 Å². The zero-order valence-electron chi connectivity index (χ0n) is 8.29. The normalized spacial score (nSPS) is 18.1. The molecule has 14 heavy (non-hydrogen) atoms. The number of anilines is 1. The van der Waals surface area contributed by atoms with Crippen LogP contribution < -0.4 is 8.90 Å². The van der Waals surface area contributed by atoms with Crippen molar-refractivity contribution in [1.29, 1.82) is 0 Å². The SMILES string of the molecule is [Sn][c]1ccnc(NC2CCCCC2)c1. The summed E-state index contributed by atoms with van der Waals surface area (Å²) < 4.78 is 1.37. The third-order valence-electron chi connectivity index (χ3n) is 2.72. The molecule has 0 aliphatic heterocycles. The third kappa shape index (κ3) is 2.87. The molecule has 0 amide bonds. The first kappa shape index (κ1) is 10.3. The zero-order chi connectivity index (χ0) is 9.80. The average molecular weight is 294 g/mol. The van der Waals surface area contributed by atoms with Crippen molar-refractivity contribution >= 4 is 31.9 Å². The molecule has 2 nitrogen and oxygen atoms in total. The number of aromatic nitrogens is 1. The molecule has 0 atom stereocenters. The van der Waals surface area contributed by atoms with Gasteiger partial charge >= 0.3 is 98.7 Å². The summed E-state index contributed by atoms with van der Waals surface area (Å²) in [5, 5.41) is 3.52. The van der Waals surface area contributed by atoms with E-state index in [0.29, 0.717) is 6.04 Å². The molecule has 0 spiro atoms. The van der Waals surface area contributed by atoms with Gasteiger partial charge in [-0.25, -0.2) is 0 Å². The molecule has 3 radical (unpaired) electrons. The van der Waals surface area contributed by atoms with Gasteiger partial charge in [0.05, 0.1) is 0 Å². The van der Waals surface area contributed by atoms with Crippen molar-refractivity contribution in [3.63, 3.8) is 0 Å². The van der Waals surface area contributed by atoms with Crippen LogP contribution in [0.2, 0.25) is 0 Å². The van der Waals surface area contributed by atoms with Gasteiger partial charge in [-0.05, 0) is 0 Å². The van der Waals surface area contributed by atoms with E-state index in [2.05, 4.69) is 22.4 Å². The molecule has 3 heteroatoms. The summed E-state index contributed by atoms with van der Waals surface area (Å²) >= 11 is 1.46. The molecule has 1 fully saturated rings. The van der Waals surface area contributed by atoms with Gasteiger partial charge in [0, 0.05) is 0 Å². The second-order valence-electron chi connectivity index (χ2n) is 3.91. The molecule has 0 unspecified atom stereocenters. The fraction of sp³-hybridized carbons (Fsp3) is 0.545. The van der Waals surface area contributed by atoms with E-state index in [9.17, 15) is 0 Å². The van der Waals surface area contributed by atoms with Gasteiger partial charge in [0.2, 0.25) is 0 Å². The van der Waals surface area contributed by atoms with Gasteiger partial charge in [0.1, 0.15) is 0 Å². The van der Waals surface area contributed by atoms with Crippen molar-refractivity contribution in [2.75, 3.05) is 5.32 Å². The summed E-state index contributed by atoms with van der Waals surface area (Å²) in [4.78, 5) is 4.34. The summed E-state index contributed by atoms with van der Waals surface area (Å²) in [6.07, 6.45) is 8.66. The number of nitrogens with one attached hydrogen (secondary N) is 1. The van der Waals surface area contributed by atoms with E-state index < -0.39 is 0 Å². The van der Waals surface area contributed by atoms with Gasteiger partial charge in [-0.2, -0.15) is 0 Å². The Balaban J connectivity index is 1.95. The van der Waals surface area contributed by atoms with Crippen molar-refractivity contribution < 1.29 is 0 Å². The van der Waals surface area contributed by atoms with Crippen molar-refractivity contribution in [2.45, 2.75) is 38.1 Å². The summed E-state index contributed by atoms with van der Waals surface area (Å²) in [5.41, 5.74) is 0. The standard InChI is InChI=1S/C11H15N2.Sn/c1-2-6-10(7-3-1)13-11-8-4-5-9-12-11;/h5,8-10H,1-3,6-7H2,(H,12,13);. The van der Waals surface area contributed by atoms with Crippen molar-refractivity contribution in [1.82, 2.24) is 4.98 Å². The predicted octanol–water partition coefficient (Wildman–Crippen LogP) is 1.62. The average Bonchev–Trinajstić information content (AvgIpc) is 2.19. The van der Waals surface area contributed by atoms with Crippen LogP contribution in [0.4, 0.5) is 5.82 Å². The van der Waals surface area contributed by atoms with Crippen LogP contribution in [0.3, 0.4) is 0 Å². The molecule has 1 saturated carbocycles. The monoisotopic (exact) mass is 295 g/mol. The first-order chi connectivity index (χ1) is 6.84. The molecule has 1 aromatic heterocycles. The maximum atomic E-state index is 4.34. The molecule has 1 aromatic rings. The Hall–Kier alpha value is -0.251. The fourth-order valence-corrected chi connectivity index (χ4v) is 2.57. The molecule has 73 valence electrons. The number of hydrogen-bond donors (Lipinski definition) is 1. The van der Waals surface area contributed by atoms with E-state index in [-0.39, 0.29) is 0 Å². The minimum absolute atomic E-state index is 0.661. The second-order valence-corrected chi connectivity index (χ2v) is 5.56. The van der Waals surface area contributed by atoms with Crippen LogP contribution in [0.15, 0.2) is 18.3 Å². The Morgan fingerprint density at radius 3 is 2.79 bits per heavy atom. The van der Waals surface area contributed by atoms with E-state index in [1.165, 1.54) is 58.2 Å². The summed E-state index contributed by atoms with van der Waals surface area (Å²) in [5.74, 6) is 1.06. The van der Waals surface area contributed by atoms with Crippen LogP contribution in [0.25, 0.3) is 0 Å². The summed E-state index contributed by atoms with van der Waals surface area (Å²) in [6.45, 7) is 0. The van der Waals surface area contributed by atoms with Crippen LogP contribution in [-0.2, 0) is 0 Å². The van der Waals surface area contributed by atoms with Crippen molar-refractivity contribution in [3.05, 3.63) is 18.3 Å². The Kier molecular flexibility index (Phi) is 3.67. The van der Waals surface area contributed by atoms with Crippen molar-refractivity contribution in [3.8, 4) is 0 Å². The van der Waals surface area contributed by atoms with E-state index in [1.807, 2.05) is 6.20 Å². The summed E-state index contributed by atoms with van der Waals surface area (Å²) in [7, 11) is 0. The van der Waals surface area contributed by atoms with Crippen LogP contribution in [-0.4, -0.2) is 33.6 Å². The molecule has 0 aromatic carbocycles. The molecular weight excluding hydrogens is 279 g/mol. The fourth-order valence-electron chi connectivity index (χ4n) is 1.97. The second kappa shape index (κ2) is 5.01. The van der Waals surface area contributed by atoms with Crippen LogP contribution >= 0.6 is 0 Å². The van der Waals surface area contributed by atoms with Gasteiger partial charge in [-0.3, -0.25) is 0 Å². The molecule has 1 N–H and O–H groups in total. The van der Waals surface area contributed by atoms with E-state index in [1.54, 1.807) is 0 Å². The molecular formula is C11H15N2Sn. The number of hydrogen-bond acceptors (Lipinski definition) is 2. The summed E-state index contributed by atoms with van der Waals surface area (Å²) in [6, 6.07) is 4.89. The number of pyridine rings is 1. The van der Waals surface area contributed by atoms with Crippen LogP contribution in [0.5, 0.6) is 0 Å². The Morgan fingerprint density at radius 1 is 1.29 bits per heavy atom. The quantitative estimate of drug-likeness (QED) is 0.838. The van der Waals surface area contributed by atoms with E-state index in [0.717, 1.165) is 5.82 Å². The topological polar surface area (TPSA) is 24.9 Å². The van der Waals surface area contributed by atoms with Crippen LogP contribution in [0, 0.1) is 0 Å². The Morgan fingerprint density at radius 2 is 2.07 bits per heavy atom. The van der Waals surface area contributed by atoms with Gasteiger partial charge < -0.3 is 0 Å². The van der Waals surface area contributed by atoms with E-state index >= 15 is 0 Å². The van der Waals surface area contributed by atoms with Gasteiger partial charge in [0.25, 0.3) is 0 Å².